The molecule has 0 atom stereocenters. The Labute approximate surface area is 155 Å². The van der Waals surface area contributed by atoms with E-state index < -0.39 is 0 Å². The van der Waals surface area contributed by atoms with Crippen LogP contribution in [0.1, 0.15) is 27.7 Å². The van der Waals surface area contributed by atoms with Gasteiger partial charge in [-0.25, -0.2) is 4.99 Å². The van der Waals surface area contributed by atoms with Gasteiger partial charge in [0.15, 0.2) is 5.96 Å². The molecule has 0 bridgehead atoms. The molecule has 1 amide bonds. The second-order valence-corrected chi connectivity index (χ2v) is 5.12. The van der Waals surface area contributed by atoms with Crippen molar-refractivity contribution in [3.8, 4) is 5.75 Å². The predicted octanol–water partition coefficient (Wildman–Crippen LogP) is 2.61. The van der Waals surface area contributed by atoms with Gasteiger partial charge in [0, 0.05) is 31.3 Å². The number of hydrogen-bond donors (Lipinski definition) is 3. The minimum absolute atomic E-state index is 0. The molecule has 1 rings (SSSR count). The third-order valence-corrected chi connectivity index (χ3v) is 2.55. The number of carbonyl (C=O) groups is 1. The van der Waals surface area contributed by atoms with E-state index in [4.69, 9.17) is 4.74 Å². The Kier molecular flexibility index (Phi) is 11.2. The number of rotatable bonds is 7. The highest BCUT2D eigenvalue weighted by molar-refractivity contribution is 14.0. The summed E-state index contributed by atoms with van der Waals surface area (Å²) < 4.78 is 5.65. The van der Waals surface area contributed by atoms with Crippen molar-refractivity contribution in [3.63, 3.8) is 0 Å². The first-order valence-corrected chi connectivity index (χ1v) is 7.56. The molecule has 23 heavy (non-hydrogen) atoms. The van der Waals surface area contributed by atoms with E-state index in [1.165, 1.54) is 6.92 Å². The van der Waals surface area contributed by atoms with Crippen LogP contribution in [0, 0.1) is 0 Å². The molecule has 0 aliphatic heterocycles. The number of nitrogens with one attached hydrogen (secondary N) is 3. The average molecular weight is 434 g/mol. The Morgan fingerprint density at radius 2 is 2.09 bits per heavy atom. The molecule has 0 aliphatic rings. The molecule has 0 aliphatic carbocycles. The highest BCUT2D eigenvalue weighted by Crippen LogP contribution is 2.17. The van der Waals surface area contributed by atoms with Gasteiger partial charge in [0.1, 0.15) is 12.4 Å². The van der Waals surface area contributed by atoms with Gasteiger partial charge in [-0.15, -0.1) is 24.0 Å². The minimum atomic E-state index is -0.100. The van der Waals surface area contributed by atoms with Gasteiger partial charge in [0.25, 0.3) is 0 Å². The van der Waals surface area contributed by atoms with Gasteiger partial charge in [-0.1, -0.05) is 6.07 Å². The maximum atomic E-state index is 11.0. The van der Waals surface area contributed by atoms with Crippen LogP contribution in [0.2, 0.25) is 0 Å². The summed E-state index contributed by atoms with van der Waals surface area (Å²) in [6.45, 7) is 9.48. The van der Waals surface area contributed by atoms with E-state index >= 15 is 0 Å². The molecule has 0 saturated heterocycles. The van der Waals surface area contributed by atoms with Gasteiger partial charge in [0.05, 0.1) is 6.54 Å². The number of hydrogen-bond acceptors (Lipinski definition) is 3. The Morgan fingerprint density at radius 1 is 1.35 bits per heavy atom. The first-order valence-electron chi connectivity index (χ1n) is 7.56. The Bertz CT molecular complexity index is 507. The summed E-state index contributed by atoms with van der Waals surface area (Å²) in [5.74, 6) is 1.40. The first kappa shape index (κ1) is 21.5. The van der Waals surface area contributed by atoms with E-state index in [2.05, 4.69) is 34.8 Å². The summed E-state index contributed by atoms with van der Waals surface area (Å²) in [7, 11) is 0. The average Bonchev–Trinajstić information content (AvgIpc) is 2.43. The van der Waals surface area contributed by atoms with Crippen molar-refractivity contribution in [1.29, 1.82) is 0 Å². The smallest absolute Gasteiger partial charge is 0.221 e. The third-order valence-electron chi connectivity index (χ3n) is 2.55. The molecule has 0 heterocycles. The second-order valence-electron chi connectivity index (χ2n) is 5.12. The van der Waals surface area contributed by atoms with Crippen LogP contribution in [-0.4, -0.2) is 37.6 Å². The van der Waals surface area contributed by atoms with Crippen molar-refractivity contribution in [2.45, 2.75) is 33.7 Å². The van der Waals surface area contributed by atoms with E-state index in [9.17, 15) is 4.79 Å². The van der Waals surface area contributed by atoms with E-state index in [-0.39, 0.29) is 29.9 Å². The quantitative estimate of drug-likeness (QED) is 0.267. The van der Waals surface area contributed by atoms with Crippen molar-refractivity contribution in [1.82, 2.24) is 10.6 Å². The summed E-state index contributed by atoms with van der Waals surface area (Å²) in [5, 5.41) is 9.15. The fourth-order valence-corrected chi connectivity index (χ4v) is 1.78. The fraction of sp³-hybridized carbons (Fsp3) is 0.500. The fourth-order valence-electron chi connectivity index (χ4n) is 1.78. The van der Waals surface area contributed by atoms with Crippen molar-refractivity contribution in [2.75, 3.05) is 25.0 Å². The summed E-state index contributed by atoms with van der Waals surface area (Å²) in [6, 6.07) is 7.64. The van der Waals surface area contributed by atoms with Crippen LogP contribution >= 0.6 is 24.0 Å². The summed E-state index contributed by atoms with van der Waals surface area (Å²) in [6.07, 6.45) is 0. The molecule has 3 N–H and O–H groups in total. The van der Waals surface area contributed by atoms with Crippen molar-refractivity contribution >= 4 is 41.5 Å². The molecular weight excluding hydrogens is 407 g/mol. The SMILES string of the molecule is CCNC(=NCCOc1cccc(NC(C)=O)c1)NC(C)C.I. The van der Waals surface area contributed by atoms with Crippen LogP contribution in [-0.2, 0) is 4.79 Å². The van der Waals surface area contributed by atoms with Crippen molar-refractivity contribution < 1.29 is 9.53 Å². The van der Waals surface area contributed by atoms with Crippen LogP contribution in [0.5, 0.6) is 5.75 Å². The lowest BCUT2D eigenvalue weighted by Gasteiger charge is -2.14. The van der Waals surface area contributed by atoms with Gasteiger partial charge < -0.3 is 20.7 Å². The summed E-state index contributed by atoms with van der Waals surface area (Å²) in [5.41, 5.74) is 0.725. The summed E-state index contributed by atoms with van der Waals surface area (Å²) in [4.78, 5) is 15.5. The predicted molar refractivity (Wildman–Crippen MR) is 106 cm³/mol. The third kappa shape index (κ3) is 9.98. The van der Waals surface area contributed by atoms with E-state index in [1.54, 1.807) is 6.07 Å². The number of aliphatic imine (C=N–C) groups is 1. The van der Waals surface area contributed by atoms with Crippen LogP contribution in [0.3, 0.4) is 0 Å². The van der Waals surface area contributed by atoms with Crippen LogP contribution in [0.25, 0.3) is 0 Å². The Balaban J connectivity index is 0.00000484. The Morgan fingerprint density at radius 3 is 2.70 bits per heavy atom. The molecule has 0 spiro atoms. The van der Waals surface area contributed by atoms with E-state index in [0.717, 1.165) is 18.2 Å². The lowest BCUT2D eigenvalue weighted by atomic mass is 10.3. The highest BCUT2D eigenvalue weighted by Gasteiger charge is 2.00. The molecule has 0 aromatic heterocycles. The van der Waals surface area contributed by atoms with Crippen molar-refractivity contribution in [2.24, 2.45) is 4.99 Å². The van der Waals surface area contributed by atoms with Gasteiger partial charge in [0.2, 0.25) is 5.91 Å². The van der Waals surface area contributed by atoms with Crippen LogP contribution in [0.4, 0.5) is 5.69 Å². The molecule has 0 radical (unpaired) electrons. The largest absolute Gasteiger partial charge is 0.492 e. The number of anilines is 1. The zero-order chi connectivity index (χ0) is 16.4. The maximum Gasteiger partial charge on any atom is 0.221 e. The topological polar surface area (TPSA) is 74.8 Å². The number of carbonyl (C=O) groups excluding carboxylic acids is 1. The van der Waals surface area contributed by atoms with Gasteiger partial charge in [-0.2, -0.15) is 0 Å². The normalized spacial score (nSPS) is 10.7. The zero-order valence-corrected chi connectivity index (χ0v) is 16.5. The molecular formula is C16H27IN4O2. The molecule has 7 heteroatoms. The summed E-state index contributed by atoms with van der Waals surface area (Å²) >= 11 is 0. The van der Waals surface area contributed by atoms with E-state index in [0.29, 0.717) is 24.9 Å². The number of amides is 1. The van der Waals surface area contributed by atoms with Gasteiger partial charge in [-0.3, -0.25) is 4.79 Å². The number of halogens is 1. The minimum Gasteiger partial charge on any atom is -0.492 e. The lowest BCUT2D eigenvalue weighted by molar-refractivity contribution is -0.114. The zero-order valence-electron chi connectivity index (χ0n) is 14.2. The molecule has 0 saturated carbocycles. The number of guanidine groups is 1. The number of nitrogens with zero attached hydrogens (tertiary/aromatic N) is 1. The molecule has 1 aromatic carbocycles. The maximum absolute atomic E-state index is 11.0. The van der Waals surface area contributed by atoms with Crippen LogP contribution < -0.4 is 20.7 Å². The standard InChI is InChI=1S/C16H26N4O2.HI/c1-5-17-16(19-12(2)3)18-9-10-22-15-8-6-7-14(11-15)20-13(4)21;/h6-8,11-12H,5,9-10H2,1-4H3,(H,20,21)(H2,17,18,19);1H. The van der Waals surface area contributed by atoms with Crippen LogP contribution in [0.15, 0.2) is 29.3 Å². The second kappa shape index (κ2) is 12.0. The van der Waals surface area contributed by atoms with Crippen molar-refractivity contribution in [3.05, 3.63) is 24.3 Å². The van der Waals surface area contributed by atoms with E-state index in [1.807, 2.05) is 25.1 Å². The molecule has 1 aromatic rings. The lowest BCUT2D eigenvalue weighted by Crippen LogP contribution is -2.41. The Hall–Kier alpha value is -1.51. The monoisotopic (exact) mass is 434 g/mol. The molecule has 0 unspecified atom stereocenters. The number of benzene rings is 1. The number of ether oxygens (including phenoxy) is 1. The highest BCUT2D eigenvalue weighted by atomic mass is 127. The first-order chi connectivity index (χ1) is 10.5. The van der Waals surface area contributed by atoms with Gasteiger partial charge in [-0.05, 0) is 32.9 Å². The molecule has 130 valence electrons. The molecule has 0 fully saturated rings. The van der Waals surface area contributed by atoms with Gasteiger partial charge >= 0.3 is 0 Å². The molecule has 6 nitrogen and oxygen atoms in total.